The van der Waals surface area contributed by atoms with Crippen molar-refractivity contribution in [2.24, 2.45) is 23.0 Å². The van der Waals surface area contributed by atoms with Gasteiger partial charge in [0.2, 0.25) is 0 Å². The summed E-state index contributed by atoms with van der Waals surface area (Å²) in [4.78, 5) is 10.8. The second-order valence-corrected chi connectivity index (χ2v) is 5.13. The number of carbonyl (C=O) groups is 1. The van der Waals surface area contributed by atoms with Crippen LogP contribution in [0.3, 0.4) is 0 Å². The molecule has 2 atom stereocenters. The third-order valence-electron chi connectivity index (χ3n) is 3.33. The molecule has 3 nitrogen and oxygen atoms in total. The maximum atomic E-state index is 10.8. The van der Waals surface area contributed by atoms with E-state index in [2.05, 4.69) is 13.8 Å². The van der Waals surface area contributed by atoms with Gasteiger partial charge in [0.1, 0.15) is 0 Å². The van der Waals surface area contributed by atoms with E-state index < -0.39 is 5.97 Å². The second-order valence-electron chi connectivity index (χ2n) is 5.13. The molecule has 0 aromatic heterocycles. The van der Waals surface area contributed by atoms with Crippen molar-refractivity contribution in [2.75, 3.05) is 6.54 Å². The third kappa shape index (κ3) is 3.99. The Morgan fingerprint density at radius 2 is 1.87 bits per heavy atom. The maximum absolute atomic E-state index is 10.8. The molecule has 0 aromatic carbocycles. The Labute approximate surface area is 97.8 Å². The fourth-order valence-electron chi connectivity index (χ4n) is 3.12. The van der Waals surface area contributed by atoms with Crippen molar-refractivity contribution in [2.45, 2.75) is 39.5 Å². The van der Waals surface area contributed by atoms with Crippen molar-refractivity contribution < 1.29 is 9.90 Å². The van der Waals surface area contributed by atoms with Crippen LogP contribution in [-0.4, -0.2) is 17.6 Å². The molecule has 0 amide bonds. The van der Waals surface area contributed by atoms with Crippen molar-refractivity contribution in [3.63, 3.8) is 0 Å². The molecule has 1 aliphatic carbocycles. The van der Waals surface area contributed by atoms with Crippen LogP contribution < -0.4 is 5.73 Å². The zero-order valence-corrected chi connectivity index (χ0v) is 10.3. The molecular formula is C11H22ClNO2. The van der Waals surface area contributed by atoms with E-state index in [0.29, 0.717) is 18.4 Å². The lowest BCUT2D eigenvalue weighted by atomic mass is 9.65. The summed E-state index contributed by atoms with van der Waals surface area (Å²) < 4.78 is 0. The summed E-state index contributed by atoms with van der Waals surface area (Å²) in [7, 11) is 0. The minimum absolute atomic E-state index is 0. The van der Waals surface area contributed by atoms with Crippen LogP contribution in [0, 0.1) is 17.3 Å². The zero-order chi connectivity index (χ0) is 10.8. The average Bonchev–Trinajstić information content (AvgIpc) is 2.00. The number of nitrogens with two attached hydrogens (primary N) is 1. The van der Waals surface area contributed by atoms with Crippen molar-refractivity contribution in [3.05, 3.63) is 0 Å². The number of halogens is 1. The van der Waals surface area contributed by atoms with Gasteiger partial charge in [-0.2, -0.15) is 0 Å². The molecule has 0 radical (unpaired) electrons. The SMILES string of the molecule is CC1CC(C)CC(CN)(CC(=O)O)C1.Cl. The van der Waals surface area contributed by atoms with Gasteiger partial charge in [0.25, 0.3) is 0 Å². The Hall–Kier alpha value is -0.280. The number of carboxylic acids is 1. The molecule has 1 fully saturated rings. The van der Waals surface area contributed by atoms with E-state index in [1.807, 2.05) is 0 Å². The predicted molar refractivity (Wildman–Crippen MR) is 63.2 cm³/mol. The lowest BCUT2D eigenvalue weighted by Crippen LogP contribution is -2.39. The standard InChI is InChI=1S/C11H21NO2.ClH/c1-8-3-9(2)5-11(4-8,7-12)6-10(13)14;/h8-9H,3-7,12H2,1-2H3,(H,13,14);1H. The molecule has 0 aromatic rings. The zero-order valence-electron chi connectivity index (χ0n) is 9.53. The summed E-state index contributed by atoms with van der Waals surface area (Å²) in [6, 6.07) is 0. The Morgan fingerprint density at radius 1 is 1.40 bits per heavy atom. The summed E-state index contributed by atoms with van der Waals surface area (Å²) >= 11 is 0. The lowest BCUT2D eigenvalue weighted by molar-refractivity contribution is -0.140. The van der Waals surface area contributed by atoms with Crippen LogP contribution in [0.2, 0.25) is 0 Å². The van der Waals surface area contributed by atoms with E-state index in [1.54, 1.807) is 0 Å². The van der Waals surface area contributed by atoms with E-state index in [4.69, 9.17) is 10.8 Å². The first-order valence-corrected chi connectivity index (χ1v) is 5.39. The van der Waals surface area contributed by atoms with E-state index in [0.717, 1.165) is 12.8 Å². The van der Waals surface area contributed by atoms with Gasteiger partial charge in [-0.3, -0.25) is 4.79 Å². The molecule has 1 aliphatic rings. The van der Waals surface area contributed by atoms with Crippen LogP contribution in [0.25, 0.3) is 0 Å². The van der Waals surface area contributed by atoms with Gasteiger partial charge in [-0.15, -0.1) is 12.4 Å². The van der Waals surface area contributed by atoms with E-state index in [9.17, 15) is 4.79 Å². The van der Waals surface area contributed by atoms with Crippen LogP contribution in [0.5, 0.6) is 0 Å². The van der Waals surface area contributed by atoms with Crippen molar-refractivity contribution in [3.8, 4) is 0 Å². The molecule has 1 rings (SSSR count). The van der Waals surface area contributed by atoms with Gasteiger partial charge in [-0.1, -0.05) is 13.8 Å². The van der Waals surface area contributed by atoms with Gasteiger partial charge in [0, 0.05) is 0 Å². The lowest BCUT2D eigenvalue weighted by Gasteiger charge is -2.41. The summed E-state index contributed by atoms with van der Waals surface area (Å²) in [5.74, 6) is 0.514. The molecular weight excluding hydrogens is 214 g/mol. The van der Waals surface area contributed by atoms with Gasteiger partial charge in [-0.25, -0.2) is 0 Å². The topological polar surface area (TPSA) is 63.3 Å². The Balaban J connectivity index is 0.00000196. The molecule has 3 N–H and O–H groups in total. The smallest absolute Gasteiger partial charge is 0.303 e. The molecule has 1 saturated carbocycles. The van der Waals surface area contributed by atoms with Crippen molar-refractivity contribution >= 4 is 18.4 Å². The minimum atomic E-state index is -0.711. The molecule has 15 heavy (non-hydrogen) atoms. The molecule has 4 heteroatoms. The van der Waals surface area contributed by atoms with Gasteiger partial charge in [0.05, 0.1) is 6.42 Å². The minimum Gasteiger partial charge on any atom is -0.481 e. The second kappa shape index (κ2) is 5.71. The summed E-state index contributed by atoms with van der Waals surface area (Å²) in [5.41, 5.74) is 5.61. The Morgan fingerprint density at radius 3 is 2.20 bits per heavy atom. The number of rotatable bonds is 3. The highest BCUT2D eigenvalue weighted by molar-refractivity contribution is 5.85. The van der Waals surface area contributed by atoms with Crippen LogP contribution in [0.4, 0.5) is 0 Å². The number of hydrogen-bond donors (Lipinski definition) is 2. The summed E-state index contributed by atoms with van der Waals surface area (Å²) in [6.45, 7) is 4.90. The highest BCUT2D eigenvalue weighted by Crippen LogP contribution is 2.43. The van der Waals surface area contributed by atoms with Crippen LogP contribution in [-0.2, 0) is 4.79 Å². The highest BCUT2D eigenvalue weighted by Gasteiger charge is 2.38. The molecule has 0 heterocycles. The fourth-order valence-corrected chi connectivity index (χ4v) is 3.12. The molecule has 0 saturated heterocycles. The Bertz CT molecular complexity index is 211. The highest BCUT2D eigenvalue weighted by atomic mass is 35.5. The molecule has 0 aliphatic heterocycles. The number of hydrogen-bond acceptors (Lipinski definition) is 2. The summed E-state index contributed by atoms with van der Waals surface area (Å²) in [5, 5.41) is 8.88. The van der Waals surface area contributed by atoms with E-state index >= 15 is 0 Å². The summed E-state index contributed by atoms with van der Waals surface area (Å²) in [6.07, 6.45) is 3.39. The monoisotopic (exact) mass is 235 g/mol. The molecule has 0 bridgehead atoms. The van der Waals surface area contributed by atoms with Gasteiger partial charge < -0.3 is 10.8 Å². The fraction of sp³-hybridized carbons (Fsp3) is 0.909. The third-order valence-corrected chi connectivity index (χ3v) is 3.33. The largest absolute Gasteiger partial charge is 0.481 e. The first-order valence-electron chi connectivity index (χ1n) is 5.39. The molecule has 0 spiro atoms. The van der Waals surface area contributed by atoms with Gasteiger partial charge in [-0.05, 0) is 43.1 Å². The Kier molecular flexibility index (Phi) is 5.60. The van der Waals surface area contributed by atoms with Crippen LogP contribution in [0.1, 0.15) is 39.5 Å². The molecule has 90 valence electrons. The van der Waals surface area contributed by atoms with Crippen LogP contribution in [0.15, 0.2) is 0 Å². The number of carboxylic acid groups (broad SMARTS) is 1. The van der Waals surface area contributed by atoms with Crippen LogP contribution >= 0.6 is 12.4 Å². The molecule has 2 unspecified atom stereocenters. The van der Waals surface area contributed by atoms with E-state index in [-0.39, 0.29) is 24.2 Å². The first kappa shape index (κ1) is 14.7. The van der Waals surface area contributed by atoms with Crippen molar-refractivity contribution in [1.82, 2.24) is 0 Å². The van der Waals surface area contributed by atoms with Crippen molar-refractivity contribution in [1.29, 1.82) is 0 Å². The normalized spacial score (nSPS) is 35.7. The maximum Gasteiger partial charge on any atom is 0.303 e. The quantitative estimate of drug-likeness (QED) is 0.789. The number of aliphatic carboxylic acids is 1. The van der Waals surface area contributed by atoms with Gasteiger partial charge >= 0.3 is 5.97 Å². The van der Waals surface area contributed by atoms with Gasteiger partial charge in [0.15, 0.2) is 0 Å². The predicted octanol–water partition coefficient (Wildman–Crippen LogP) is 2.28. The van der Waals surface area contributed by atoms with E-state index in [1.165, 1.54) is 6.42 Å². The first-order chi connectivity index (χ1) is 6.47. The average molecular weight is 236 g/mol.